The number of benzene rings is 2. The van der Waals surface area contributed by atoms with Crippen LogP contribution in [0.1, 0.15) is 31.4 Å². The van der Waals surface area contributed by atoms with Crippen molar-refractivity contribution in [3.8, 4) is 11.1 Å². The minimum atomic E-state index is -0.0748. The topological polar surface area (TPSA) is 64.7 Å². The zero-order chi connectivity index (χ0) is 21.1. The first-order valence-electron chi connectivity index (χ1n) is 10.8. The molecule has 3 amide bonds. The summed E-state index contributed by atoms with van der Waals surface area (Å²) in [4.78, 5) is 28.7. The van der Waals surface area contributed by atoms with Crippen LogP contribution in [-0.4, -0.2) is 60.5 Å². The molecule has 0 aromatic heterocycles. The molecule has 1 heterocycles. The predicted octanol–water partition coefficient (Wildman–Crippen LogP) is 3.32. The largest absolute Gasteiger partial charge is 0.353 e. The number of piperazine rings is 1. The molecule has 1 unspecified atom stereocenters. The van der Waals surface area contributed by atoms with Crippen LogP contribution in [0.25, 0.3) is 11.1 Å². The molecule has 0 radical (unpaired) electrons. The Kier molecular flexibility index (Phi) is 6.04. The van der Waals surface area contributed by atoms with Crippen molar-refractivity contribution >= 4 is 17.6 Å². The SMILES string of the molecule is CCC(C)NC(=O)CN1CCN(C(=O)Nc2ccc3c(c2)Cc2ccccc2-3)CC1. The van der Waals surface area contributed by atoms with Gasteiger partial charge in [-0.05, 0) is 54.2 Å². The van der Waals surface area contributed by atoms with Gasteiger partial charge in [-0.2, -0.15) is 0 Å². The van der Waals surface area contributed by atoms with E-state index in [0.29, 0.717) is 32.7 Å². The van der Waals surface area contributed by atoms with Gasteiger partial charge in [0, 0.05) is 37.9 Å². The highest BCUT2D eigenvalue weighted by molar-refractivity contribution is 5.90. The summed E-state index contributed by atoms with van der Waals surface area (Å²) >= 11 is 0. The van der Waals surface area contributed by atoms with Gasteiger partial charge >= 0.3 is 6.03 Å². The summed E-state index contributed by atoms with van der Waals surface area (Å²) in [7, 11) is 0. The Bertz CT molecular complexity index is 935. The van der Waals surface area contributed by atoms with Crippen LogP contribution in [0.4, 0.5) is 10.5 Å². The second-order valence-corrected chi connectivity index (χ2v) is 8.28. The van der Waals surface area contributed by atoms with E-state index in [2.05, 4.69) is 58.9 Å². The number of nitrogens with one attached hydrogen (secondary N) is 2. The number of nitrogens with zero attached hydrogens (tertiary/aromatic N) is 2. The number of carbonyl (C=O) groups excluding carboxylic acids is 2. The zero-order valence-corrected chi connectivity index (χ0v) is 17.8. The normalized spacial score (nSPS) is 16.5. The molecular formula is C24H30N4O2. The third kappa shape index (κ3) is 4.49. The van der Waals surface area contributed by atoms with Crippen LogP contribution < -0.4 is 10.6 Å². The molecule has 1 aliphatic heterocycles. The van der Waals surface area contributed by atoms with Gasteiger partial charge in [-0.25, -0.2) is 4.79 Å². The van der Waals surface area contributed by atoms with Crippen LogP contribution in [0.3, 0.4) is 0 Å². The highest BCUT2D eigenvalue weighted by Gasteiger charge is 2.23. The number of hydrogen-bond acceptors (Lipinski definition) is 3. The van der Waals surface area contributed by atoms with Crippen molar-refractivity contribution in [3.05, 3.63) is 53.6 Å². The maximum absolute atomic E-state index is 12.7. The van der Waals surface area contributed by atoms with Crippen molar-refractivity contribution in [2.75, 3.05) is 38.0 Å². The third-order valence-electron chi connectivity index (χ3n) is 6.09. The van der Waals surface area contributed by atoms with Crippen molar-refractivity contribution < 1.29 is 9.59 Å². The number of anilines is 1. The molecule has 0 bridgehead atoms. The molecule has 6 nitrogen and oxygen atoms in total. The predicted molar refractivity (Wildman–Crippen MR) is 120 cm³/mol. The van der Waals surface area contributed by atoms with Crippen LogP contribution in [0.15, 0.2) is 42.5 Å². The van der Waals surface area contributed by atoms with Crippen LogP contribution in [0.2, 0.25) is 0 Å². The Balaban J connectivity index is 1.29. The Morgan fingerprint density at radius 1 is 1.00 bits per heavy atom. The average Bonchev–Trinajstić information content (AvgIpc) is 3.11. The van der Waals surface area contributed by atoms with E-state index in [4.69, 9.17) is 0 Å². The molecule has 0 saturated carbocycles. The maximum atomic E-state index is 12.7. The highest BCUT2D eigenvalue weighted by atomic mass is 16.2. The monoisotopic (exact) mass is 406 g/mol. The van der Waals surface area contributed by atoms with Gasteiger partial charge in [0.05, 0.1) is 6.54 Å². The molecule has 1 fully saturated rings. The molecular weight excluding hydrogens is 376 g/mol. The minimum absolute atomic E-state index is 0.0568. The van der Waals surface area contributed by atoms with Gasteiger partial charge in [0.2, 0.25) is 5.91 Å². The Morgan fingerprint density at radius 3 is 2.50 bits per heavy atom. The van der Waals surface area contributed by atoms with Crippen molar-refractivity contribution in [1.82, 2.24) is 15.1 Å². The first-order chi connectivity index (χ1) is 14.5. The summed E-state index contributed by atoms with van der Waals surface area (Å²) in [5.74, 6) is 0.0568. The van der Waals surface area contributed by atoms with Crippen LogP contribution >= 0.6 is 0 Å². The number of amides is 3. The molecule has 30 heavy (non-hydrogen) atoms. The molecule has 1 saturated heterocycles. The van der Waals surface area contributed by atoms with E-state index < -0.39 is 0 Å². The molecule has 2 aromatic carbocycles. The third-order valence-corrected chi connectivity index (χ3v) is 6.09. The van der Waals surface area contributed by atoms with Gasteiger partial charge in [-0.1, -0.05) is 37.3 Å². The lowest BCUT2D eigenvalue weighted by molar-refractivity contribution is -0.123. The average molecular weight is 407 g/mol. The van der Waals surface area contributed by atoms with Crippen molar-refractivity contribution in [3.63, 3.8) is 0 Å². The lowest BCUT2D eigenvalue weighted by Gasteiger charge is -2.34. The number of hydrogen-bond donors (Lipinski definition) is 2. The van der Waals surface area contributed by atoms with E-state index in [1.807, 2.05) is 17.9 Å². The molecule has 4 rings (SSSR count). The van der Waals surface area contributed by atoms with E-state index in [-0.39, 0.29) is 18.0 Å². The smallest absolute Gasteiger partial charge is 0.321 e. The summed E-state index contributed by atoms with van der Waals surface area (Å²) in [6.45, 7) is 7.13. The fraction of sp³-hybridized carbons (Fsp3) is 0.417. The molecule has 0 spiro atoms. The molecule has 1 aliphatic carbocycles. The fourth-order valence-corrected chi connectivity index (χ4v) is 4.16. The number of fused-ring (bicyclic) bond motifs is 3. The molecule has 158 valence electrons. The number of carbonyl (C=O) groups is 2. The number of urea groups is 1. The fourth-order valence-electron chi connectivity index (χ4n) is 4.16. The number of rotatable bonds is 5. The summed E-state index contributed by atoms with van der Waals surface area (Å²) in [5, 5.41) is 6.04. The highest BCUT2D eigenvalue weighted by Crippen LogP contribution is 2.37. The first kappa shape index (κ1) is 20.4. The van der Waals surface area contributed by atoms with Gasteiger partial charge in [0.25, 0.3) is 0 Å². The summed E-state index contributed by atoms with van der Waals surface area (Å²) in [6.07, 6.45) is 1.83. The van der Waals surface area contributed by atoms with Crippen molar-refractivity contribution in [1.29, 1.82) is 0 Å². The second kappa shape index (κ2) is 8.88. The van der Waals surface area contributed by atoms with Gasteiger partial charge in [0.1, 0.15) is 0 Å². The van der Waals surface area contributed by atoms with Gasteiger partial charge in [-0.15, -0.1) is 0 Å². The van der Waals surface area contributed by atoms with Gasteiger partial charge < -0.3 is 15.5 Å². The van der Waals surface area contributed by atoms with E-state index in [9.17, 15) is 9.59 Å². The Labute approximate surface area is 178 Å². The first-order valence-corrected chi connectivity index (χ1v) is 10.8. The standard InChI is InChI=1S/C24H30N4O2/c1-3-17(2)25-23(29)16-27-10-12-28(13-11-27)24(30)26-20-8-9-22-19(15-20)14-18-6-4-5-7-21(18)22/h4-9,15,17H,3,10-14,16H2,1-2H3,(H,25,29)(H,26,30). The van der Waals surface area contributed by atoms with Gasteiger partial charge in [-0.3, -0.25) is 9.69 Å². The molecule has 2 aromatic rings. The summed E-state index contributed by atoms with van der Waals surface area (Å²) in [6, 6.07) is 14.7. The van der Waals surface area contributed by atoms with E-state index >= 15 is 0 Å². The second-order valence-electron chi connectivity index (χ2n) is 8.28. The Hall–Kier alpha value is -2.86. The van der Waals surface area contributed by atoms with Crippen LogP contribution in [0, 0.1) is 0 Å². The molecule has 1 atom stereocenters. The van der Waals surface area contributed by atoms with E-state index in [1.165, 1.54) is 22.3 Å². The van der Waals surface area contributed by atoms with E-state index in [0.717, 1.165) is 18.5 Å². The van der Waals surface area contributed by atoms with Crippen LogP contribution in [-0.2, 0) is 11.2 Å². The summed E-state index contributed by atoms with van der Waals surface area (Å²) in [5.41, 5.74) is 5.98. The lowest BCUT2D eigenvalue weighted by atomic mass is 10.1. The molecule has 2 N–H and O–H groups in total. The zero-order valence-electron chi connectivity index (χ0n) is 17.8. The lowest BCUT2D eigenvalue weighted by Crippen LogP contribution is -2.52. The van der Waals surface area contributed by atoms with Crippen molar-refractivity contribution in [2.45, 2.75) is 32.7 Å². The van der Waals surface area contributed by atoms with Crippen molar-refractivity contribution in [2.24, 2.45) is 0 Å². The quantitative estimate of drug-likeness (QED) is 0.683. The minimum Gasteiger partial charge on any atom is -0.353 e. The van der Waals surface area contributed by atoms with Crippen LogP contribution in [0.5, 0.6) is 0 Å². The maximum Gasteiger partial charge on any atom is 0.321 e. The van der Waals surface area contributed by atoms with Gasteiger partial charge in [0.15, 0.2) is 0 Å². The van der Waals surface area contributed by atoms with E-state index in [1.54, 1.807) is 0 Å². The summed E-state index contributed by atoms with van der Waals surface area (Å²) < 4.78 is 0. The molecule has 2 aliphatic rings. The molecule has 6 heteroatoms. The Morgan fingerprint density at radius 2 is 1.73 bits per heavy atom.